The zero-order valence-electron chi connectivity index (χ0n) is 16.2. The van der Waals surface area contributed by atoms with Crippen molar-refractivity contribution < 1.29 is 18.0 Å². The molecule has 0 saturated carbocycles. The largest absolute Gasteiger partial charge is 0.401 e. The van der Waals surface area contributed by atoms with E-state index in [0.29, 0.717) is 31.0 Å². The Morgan fingerprint density at radius 3 is 2.41 bits per heavy atom. The number of rotatable bonds is 8. The van der Waals surface area contributed by atoms with Crippen molar-refractivity contribution in [2.45, 2.75) is 12.6 Å². The monoisotopic (exact) mass is 387 g/mol. The number of carbonyl (C=O) groups is 1. The van der Waals surface area contributed by atoms with Crippen LogP contribution in [0.3, 0.4) is 0 Å². The number of benzene rings is 1. The minimum atomic E-state index is -4.20. The van der Waals surface area contributed by atoms with Crippen LogP contribution in [0.15, 0.2) is 29.3 Å². The van der Waals surface area contributed by atoms with Crippen LogP contribution in [0.2, 0.25) is 0 Å². The summed E-state index contributed by atoms with van der Waals surface area (Å²) in [6, 6.07) is 7.41. The first-order chi connectivity index (χ1) is 12.6. The van der Waals surface area contributed by atoms with Crippen molar-refractivity contribution in [3.8, 4) is 0 Å². The zero-order valence-corrected chi connectivity index (χ0v) is 16.2. The van der Waals surface area contributed by atoms with Crippen LogP contribution >= 0.6 is 0 Å². The molecule has 0 aliphatic heterocycles. The average Bonchev–Trinajstić information content (AvgIpc) is 2.58. The molecular weight excluding hydrogens is 359 g/mol. The van der Waals surface area contributed by atoms with Gasteiger partial charge in [0, 0.05) is 46.3 Å². The summed E-state index contributed by atoms with van der Waals surface area (Å²) in [6.07, 6.45) is -3.51. The third kappa shape index (κ3) is 9.28. The van der Waals surface area contributed by atoms with Gasteiger partial charge in [0.1, 0.15) is 0 Å². The van der Waals surface area contributed by atoms with Gasteiger partial charge in [-0.05, 0) is 31.2 Å². The van der Waals surface area contributed by atoms with Crippen molar-refractivity contribution in [2.75, 3.05) is 54.4 Å². The Hall–Kier alpha value is -2.29. The molecule has 0 unspecified atom stereocenters. The molecule has 2 N–H and O–H groups in total. The molecule has 9 heteroatoms. The summed E-state index contributed by atoms with van der Waals surface area (Å²) in [6.45, 7) is 0.231. The molecule has 0 aliphatic carbocycles. The van der Waals surface area contributed by atoms with Gasteiger partial charge in [-0.1, -0.05) is 12.1 Å². The van der Waals surface area contributed by atoms with Gasteiger partial charge in [-0.3, -0.25) is 14.7 Å². The molecule has 0 saturated heterocycles. The summed E-state index contributed by atoms with van der Waals surface area (Å²) >= 11 is 0. The number of aliphatic imine (C=N–C) groups is 1. The topological polar surface area (TPSA) is 60.0 Å². The van der Waals surface area contributed by atoms with E-state index < -0.39 is 12.7 Å². The lowest BCUT2D eigenvalue weighted by molar-refractivity contribution is -0.142. The number of nitrogens with zero attached hydrogens (tertiary/aromatic N) is 3. The highest BCUT2D eigenvalue weighted by molar-refractivity contribution is 5.94. The zero-order chi connectivity index (χ0) is 20.4. The van der Waals surface area contributed by atoms with E-state index in [-0.39, 0.29) is 12.5 Å². The molecule has 0 fully saturated rings. The number of amides is 1. The van der Waals surface area contributed by atoms with Crippen molar-refractivity contribution in [1.82, 2.24) is 20.4 Å². The van der Waals surface area contributed by atoms with E-state index in [1.54, 1.807) is 27.2 Å². The lowest BCUT2D eigenvalue weighted by Gasteiger charge is -2.19. The molecule has 0 aliphatic rings. The Bertz CT molecular complexity index is 632. The number of nitrogens with one attached hydrogen (secondary N) is 2. The number of guanidine groups is 1. The minimum absolute atomic E-state index is 0.0507. The van der Waals surface area contributed by atoms with E-state index >= 15 is 0 Å². The lowest BCUT2D eigenvalue weighted by Crippen LogP contribution is -2.43. The first kappa shape index (κ1) is 22.8. The summed E-state index contributed by atoms with van der Waals surface area (Å²) in [5, 5.41) is 6.10. The summed E-state index contributed by atoms with van der Waals surface area (Å²) in [5.74, 6) is 0.473. The van der Waals surface area contributed by atoms with Crippen LogP contribution in [0.5, 0.6) is 0 Å². The molecule has 0 aromatic heterocycles. The van der Waals surface area contributed by atoms with Crippen LogP contribution in [-0.2, 0) is 6.42 Å². The van der Waals surface area contributed by atoms with E-state index in [0.717, 1.165) is 5.56 Å². The fraction of sp³-hybridized carbons (Fsp3) is 0.556. The van der Waals surface area contributed by atoms with E-state index in [1.807, 2.05) is 18.2 Å². The maximum Gasteiger partial charge on any atom is 0.401 e. The lowest BCUT2D eigenvalue weighted by atomic mass is 10.1. The third-order valence-electron chi connectivity index (χ3n) is 3.75. The smallest absolute Gasteiger partial charge is 0.356 e. The van der Waals surface area contributed by atoms with Crippen molar-refractivity contribution in [3.05, 3.63) is 35.4 Å². The van der Waals surface area contributed by atoms with E-state index in [1.165, 1.54) is 16.8 Å². The molecule has 1 amide bonds. The second kappa shape index (κ2) is 10.8. The highest BCUT2D eigenvalue weighted by Gasteiger charge is 2.28. The molecule has 0 atom stereocenters. The van der Waals surface area contributed by atoms with E-state index in [2.05, 4.69) is 15.6 Å². The van der Waals surface area contributed by atoms with Crippen molar-refractivity contribution in [1.29, 1.82) is 0 Å². The van der Waals surface area contributed by atoms with Gasteiger partial charge in [-0.2, -0.15) is 13.2 Å². The number of hydrogen-bond donors (Lipinski definition) is 2. The Kier molecular flexibility index (Phi) is 9.07. The van der Waals surface area contributed by atoms with Gasteiger partial charge in [-0.15, -0.1) is 0 Å². The second-order valence-corrected chi connectivity index (χ2v) is 6.43. The highest BCUT2D eigenvalue weighted by atomic mass is 19.4. The van der Waals surface area contributed by atoms with Gasteiger partial charge in [0.05, 0.1) is 6.54 Å². The number of likely N-dealkylation sites (N-methyl/N-ethyl adjacent to an activating group) is 1. The molecule has 0 bridgehead atoms. The van der Waals surface area contributed by atoms with Crippen molar-refractivity contribution in [3.63, 3.8) is 0 Å². The summed E-state index contributed by atoms with van der Waals surface area (Å²) in [4.78, 5) is 18.8. The molecule has 152 valence electrons. The Morgan fingerprint density at radius 1 is 1.15 bits per heavy atom. The average molecular weight is 387 g/mol. The predicted molar refractivity (Wildman–Crippen MR) is 101 cm³/mol. The summed E-state index contributed by atoms with van der Waals surface area (Å²) < 4.78 is 36.9. The molecule has 1 rings (SSSR count). The Morgan fingerprint density at radius 2 is 1.81 bits per heavy atom. The van der Waals surface area contributed by atoms with Crippen LogP contribution in [0, 0.1) is 0 Å². The first-order valence-corrected chi connectivity index (χ1v) is 8.63. The fourth-order valence-corrected chi connectivity index (χ4v) is 2.41. The molecule has 1 aromatic rings. The van der Waals surface area contributed by atoms with E-state index in [9.17, 15) is 18.0 Å². The molecule has 6 nitrogen and oxygen atoms in total. The third-order valence-corrected chi connectivity index (χ3v) is 3.75. The number of halogens is 3. The molecular formula is C18H28F3N5O. The number of carbonyl (C=O) groups excluding carboxylic acids is 1. The molecule has 0 spiro atoms. The maximum absolute atomic E-state index is 12.3. The van der Waals surface area contributed by atoms with Crippen LogP contribution in [0.25, 0.3) is 0 Å². The van der Waals surface area contributed by atoms with Gasteiger partial charge >= 0.3 is 6.18 Å². The van der Waals surface area contributed by atoms with E-state index in [4.69, 9.17) is 0 Å². The van der Waals surface area contributed by atoms with Crippen molar-refractivity contribution in [2.24, 2.45) is 4.99 Å². The molecule has 27 heavy (non-hydrogen) atoms. The fourth-order valence-electron chi connectivity index (χ4n) is 2.41. The van der Waals surface area contributed by atoms with Crippen LogP contribution in [-0.4, -0.2) is 82.2 Å². The summed E-state index contributed by atoms with van der Waals surface area (Å²) in [7, 11) is 6.44. The van der Waals surface area contributed by atoms with Crippen LogP contribution in [0.1, 0.15) is 15.9 Å². The van der Waals surface area contributed by atoms with Gasteiger partial charge in [-0.25, -0.2) is 0 Å². The van der Waals surface area contributed by atoms with Gasteiger partial charge in [0.25, 0.3) is 5.91 Å². The van der Waals surface area contributed by atoms with Crippen molar-refractivity contribution >= 4 is 11.9 Å². The van der Waals surface area contributed by atoms with Gasteiger partial charge in [0.2, 0.25) is 0 Å². The Balaban J connectivity index is 2.39. The standard InChI is InChI=1S/C18H28F3N5O/c1-22-17(24-10-11-26(4)13-18(19,20)21)23-9-8-14-6-5-7-15(12-14)16(27)25(2)3/h5-7,12H,8-11,13H2,1-4H3,(H2,22,23,24). The number of hydrogen-bond acceptors (Lipinski definition) is 3. The minimum Gasteiger partial charge on any atom is -0.356 e. The maximum atomic E-state index is 12.3. The number of alkyl halides is 3. The molecule has 0 radical (unpaired) electrons. The normalized spacial score (nSPS) is 12.2. The Labute approximate surface area is 158 Å². The molecule has 0 heterocycles. The first-order valence-electron chi connectivity index (χ1n) is 8.63. The van der Waals surface area contributed by atoms with Crippen LogP contribution < -0.4 is 10.6 Å². The van der Waals surface area contributed by atoms with Crippen LogP contribution in [0.4, 0.5) is 13.2 Å². The highest BCUT2D eigenvalue weighted by Crippen LogP contribution is 2.15. The van der Waals surface area contributed by atoms with Gasteiger partial charge in [0.15, 0.2) is 5.96 Å². The summed E-state index contributed by atoms with van der Waals surface area (Å²) in [5.41, 5.74) is 1.64. The SMILES string of the molecule is CN=C(NCCc1cccc(C(=O)N(C)C)c1)NCCN(C)CC(F)(F)F. The predicted octanol–water partition coefficient (Wildman–Crippen LogP) is 1.59. The van der Waals surface area contributed by atoms with Gasteiger partial charge < -0.3 is 15.5 Å². The second-order valence-electron chi connectivity index (χ2n) is 6.43. The quantitative estimate of drug-likeness (QED) is 0.525. The molecule has 1 aromatic carbocycles.